The van der Waals surface area contributed by atoms with Crippen molar-refractivity contribution in [2.24, 2.45) is 5.73 Å². The Morgan fingerprint density at radius 1 is 1.17 bits per heavy atom. The number of benzene rings is 1. The normalized spacial score (nSPS) is 10.1. The summed E-state index contributed by atoms with van der Waals surface area (Å²) < 4.78 is 5.67. The predicted molar refractivity (Wildman–Crippen MR) is 71.2 cm³/mol. The molecule has 0 saturated heterocycles. The van der Waals surface area contributed by atoms with Crippen molar-refractivity contribution in [3.05, 3.63) is 53.2 Å². The molecule has 1 aromatic carbocycles. The minimum absolute atomic E-state index is 0.0392. The molecule has 92 valence electrons. The molecule has 4 nitrogen and oxygen atoms in total. The average Bonchev–Trinajstić information content (AvgIpc) is 2.32. The Kier molecular flexibility index (Phi) is 3.28. The van der Waals surface area contributed by atoms with Gasteiger partial charge in [0.05, 0.1) is 5.56 Å². The van der Waals surface area contributed by atoms with Crippen LogP contribution in [0.2, 0.25) is 0 Å². The minimum atomic E-state index is -0.0392. The number of pyridine rings is 1. The van der Waals surface area contributed by atoms with Crippen LogP contribution in [0, 0.1) is 19.3 Å². The van der Waals surface area contributed by atoms with Crippen LogP contribution >= 0.6 is 0 Å². The number of nitrogens with one attached hydrogen (secondary N) is 1. The third-order valence-electron chi connectivity index (χ3n) is 2.63. The van der Waals surface area contributed by atoms with Crippen molar-refractivity contribution in [1.82, 2.24) is 4.98 Å². The van der Waals surface area contributed by atoms with E-state index in [-0.39, 0.29) is 5.84 Å². The summed E-state index contributed by atoms with van der Waals surface area (Å²) in [5.74, 6) is 1.01. The van der Waals surface area contributed by atoms with Crippen molar-refractivity contribution in [1.29, 1.82) is 5.41 Å². The Morgan fingerprint density at radius 3 is 2.44 bits per heavy atom. The van der Waals surface area contributed by atoms with Crippen LogP contribution < -0.4 is 10.5 Å². The van der Waals surface area contributed by atoms with Crippen LogP contribution in [0.15, 0.2) is 36.5 Å². The average molecular weight is 241 g/mol. The van der Waals surface area contributed by atoms with E-state index in [0.717, 1.165) is 11.1 Å². The van der Waals surface area contributed by atoms with Crippen molar-refractivity contribution in [3.8, 4) is 11.6 Å². The van der Waals surface area contributed by atoms with Crippen molar-refractivity contribution in [2.45, 2.75) is 13.8 Å². The molecular formula is C14H15N3O. The zero-order valence-electron chi connectivity index (χ0n) is 10.4. The molecule has 0 saturated carbocycles. The van der Waals surface area contributed by atoms with Crippen molar-refractivity contribution < 1.29 is 4.74 Å². The van der Waals surface area contributed by atoms with E-state index in [1.54, 1.807) is 12.3 Å². The molecule has 0 amide bonds. The molecule has 0 atom stereocenters. The summed E-state index contributed by atoms with van der Waals surface area (Å²) in [5.41, 5.74) is 8.13. The van der Waals surface area contributed by atoms with Gasteiger partial charge < -0.3 is 10.5 Å². The monoisotopic (exact) mass is 241 g/mol. The summed E-state index contributed by atoms with van der Waals surface area (Å²) in [5, 5.41) is 7.57. The highest BCUT2D eigenvalue weighted by Gasteiger charge is 2.12. The van der Waals surface area contributed by atoms with Gasteiger partial charge in [-0.2, -0.15) is 0 Å². The first-order valence-electron chi connectivity index (χ1n) is 5.62. The smallest absolute Gasteiger partial charge is 0.230 e. The van der Waals surface area contributed by atoms with Gasteiger partial charge >= 0.3 is 0 Å². The van der Waals surface area contributed by atoms with Crippen LogP contribution in [0.3, 0.4) is 0 Å². The number of aromatic nitrogens is 1. The van der Waals surface area contributed by atoms with Gasteiger partial charge in [0.1, 0.15) is 11.6 Å². The van der Waals surface area contributed by atoms with Crippen molar-refractivity contribution >= 4 is 5.84 Å². The number of aryl methyl sites for hydroxylation is 2. The van der Waals surface area contributed by atoms with Crippen LogP contribution in [0.1, 0.15) is 16.7 Å². The standard InChI is InChI=1S/C14H15N3O/c1-9-3-5-11(6-4-9)18-14-12(13(15)16)10(2)7-8-17-14/h3-8H,1-2H3,(H3,15,16). The first-order valence-corrected chi connectivity index (χ1v) is 5.62. The maximum Gasteiger partial charge on any atom is 0.230 e. The molecule has 18 heavy (non-hydrogen) atoms. The van der Waals surface area contributed by atoms with Gasteiger partial charge in [-0.1, -0.05) is 17.7 Å². The topological polar surface area (TPSA) is 72.0 Å². The molecule has 2 aromatic rings. The minimum Gasteiger partial charge on any atom is -0.438 e. The lowest BCUT2D eigenvalue weighted by molar-refractivity contribution is 0.461. The maximum atomic E-state index is 7.57. The zero-order chi connectivity index (χ0) is 13.1. The summed E-state index contributed by atoms with van der Waals surface area (Å²) in [6.07, 6.45) is 1.64. The molecule has 0 spiro atoms. The molecule has 0 radical (unpaired) electrons. The number of nitrogen functional groups attached to an aromatic ring is 1. The van der Waals surface area contributed by atoms with E-state index in [4.69, 9.17) is 15.9 Å². The quantitative estimate of drug-likeness (QED) is 0.641. The molecule has 1 aromatic heterocycles. The molecule has 0 bridgehead atoms. The second kappa shape index (κ2) is 4.87. The molecule has 0 aliphatic carbocycles. The highest BCUT2D eigenvalue weighted by atomic mass is 16.5. The second-order valence-electron chi connectivity index (χ2n) is 4.14. The fourth-order valence-corrected chi connectivity index (χ4v) is 1.66. The Bertz CT molecular complexity index is 576. The molecule has 0 unspecified atom stereocenters. The first-order chi connectivity index (χ1) is 8.58. The molecule has 0 aliphatic rings. The van der Waals surface area contributed by atoms with E-state index in [1.165, 1.54) is 0 Å². The Morgan fingerprint density at radius 2 is 1.83 bits per heavy atom. The fourth-order valence-electron chi connectivity index (χ4n) is 1.66. The summed E-state index contributed by atoms with van der Waals surface area (Å²) in [6, 6.07) is 9.45. The van der Waals surface area contributed by atoms with Gasteiger partial charge in [0.2, 0.25) is 5.88 Å². The van der Waals surface area contributed by atoms with Crippen LogP contribution in [0.5, 0.6) is 11.6 Å². The molecule has 3 N–H and O–H groups in total. The van der Waals surface area contributed by atoms with E-state index in [2.05, 4.69) is 4.98 Å². The highest BCUT2D eigenvalue weighted by molar-refractivity contribution is 5.98. The van der Waals surface area contributed by atoms with Crippen LogP contribution in [-0.4, -0.2) is 10.8 Å². The molecule has 0 aliphatic heterocycles. The van der Waals surface area contributed by atoms with Gasteiger partial charge in [-0.3, -0.25) is 5.41 Å². The van der Waals surface area contributed by atoms with Gasteiger partial charge in [-0.05, 0) is 37.6 Å². The lowest BCUT2D eigenvalue weighted by Crippen LogP contribution is -2.14. The number of nitrogens with two attached hydrogens (primary N) is 1. The van der Waals surface area contributed by atoms with E-state index >= 15 is 0 Å². The lowest BCUT2D eigenvalue weighted by Gasteiger charge is -2.11. The van der Waals surface area contributed by atoms with Crippen molar-refractivity contribution in [3.63, 3.8) is 0 Å². The molecule has 4 heteroatoms. The number of rotatable bonds is 3. The SMILES string of the molecule is Cc1ccc(Oc2nccc(C)c2C(=N)N)cc1. The van der Waals surface area contributed by atoms with E-state index in [1.807, 2.05) is 38.1 Å². The summed E-state index contributed by atoms with van der Waals surface area (Å²) in [7, 11) is 0. The third kappa shape index (κ3) is 2.48. The van der Waals surface area contributed by atoms with E-state index in [0.29, 0.717) is 17.2 Å². The number of ether oxygens (including phenoxy) is 1. The van der Waals surface area contributed by atoms with Gasteiger partial charge in [0.15, 0.2) is 0 Å². The van der Waals surface area contributed by atoms with Gasteiger partial charge in [-0.15, -0.1) is 0 Å². The Balaban J connectivity index is 2.37. The largest absolute Gasteiger partial charge is 0.438 e. The zero-order valence-corrected chi connectivity index (χ0v) is 10.4. The van der Waals surface area contributed by atoms with Gasteiger partial charge in [-0.25, -0.2) is 4.98 Å². The second-order valence-corrected chi connectivity index (χ2v) is 4.14. The first kappa shape index (κ1) is 12.1. The van der Waals surface area contributed by atoms with Gasteiger partial charge in [0, 0.05) is 6.20 Å². The Hall–Kier alpha value is -2.36. The van der Waals surface area contributed by atoms with Crippen molar-refractivity contribution in [2.75, 3.05) is 0 Å². The number of hydrogen-bond acceptors (Lipinski definition) is 3. The third-order valence-corrected chi connectivity index (χ3v) is 2.63. The van der Waals surface area contributed by atoms with Crippen LogP contribution in [-0.2, 0) is 0 Å². The predicted octanol–water partition coefficient (Wildman–Crippen LogP) is 2.77. The summed E-state index contributed by atoms with van der Waals surface area (Å²) >= 11 is 0. The molecule has 2 rings (SSSR count). The molecule has 0 fully saturated rings. The lowest BCUT2D eigenvalue weighted by atomic mass is 10.1. The highest BCUT2D eigenvalue weighted by Crippen LogP contribution is 2.24. The number of hydrogen-bond donors (Lipinski definition) is 2. The van der Waals surface area contributed by atoms with Crippen LogP contribution in [0.25, 0.3) is 0 Å². The number of nitrogens with zero attached hydrogens (tertiary/aromatic N) is 1. The molecular weight excluding hydrogens is 226 g/mol. The molecule has 1 heterocycles. The van der Waals surface area contributed by atoms with E-state index < -0.39 is 0 Å². The summed E-state index contributed by atoms with van der Waals surface area (Å²) in [4.78, 5) is 4.14. The van der Waals surface area contributed by atoms with E-state index in [9.17, 15) is 0 Å². The maximum absolute atomic E-state index is 7.57. The number of amidine groups is 1. The van der Waals surface area contributed by atoms with Crippen LogP contribution in [0.4, 0.5) is 0 Å². The summed E-state index contributed by atoms with van der Waals surface area (Å²) in [6.45, 7) is 3.89. The Labute approximate surface area is 106 Å². The fraction of sp³-hybridized carbons (Fsp3) is 0.143. The van der Waals surface area contributed by atoms with Gasteiger partial charge in [0.25, 0.3) is 0 Å².